The van der Waals surface area contributed by atoms with Gasteiger partial charge >= 0.3 is 6.03 Å². The van der Waals surface area contributed by atoms with Crippen molar-refractivity contribution in [1.82, 2.24) is 20.6 Å². The van der Waals surface area contributed by atoms with E-state index in [2.05, 4.69) is 20.6 Å². The molecule has 0 spiro atoms. The van der Waals surface area contributed by atoms with Gasteiger partial charge in [0.25, 0.3) is 0 Å². The molecule has 0 aliphatic carbocycles. The molecule has 1 aromatic carbocycles. The molecule has 124 valence electrons. The predicted octanol–water partition coefficient (Wildman–Crippen LogP) is 1.45. The Morgan fingerprint density at radius 2 is 2.22 bits per heavy atom. The summed E-state index contributed by atoms with van der Waals surface area (Å²) in [5.41, 5.74) is 1.59. The number of aromatic nitrogens is 2. The monoisotopic (exact) mass is 356 g/mol. The predicted molar refractivity (Wildman–Crippen MR) is 88.1 cm³/mol. The van der Waals surface area contributed by atoms with Crippen LogP contribution in [0.3, 0.4) is 0 Å². The topological polar surface area (TPSA) is 104 Å². The summed E-state index contributed by atoms with van der Waals surface area (Å²) in [6, 6.07) is 4.99. The van der Waals surface area contributed by atoms with Gasteiger partial charge < -0.3 is 15.6 Å². The SMILES string of the molecule is O=C(NCc1nc2ccc(Cl)cc2[nH]1)NCC1CCS(=O)(=O)C1. The molecule has 1 saturated heterocycles. The van der Waals surface area contributed by atoms with E-state index in [4.69, 9.17) is 11.6 Å². The zero-order valence-electron chi connectivity index (χ0n) is 12.3. The fourth-order valence-electron chi connectivity index (χ4n) is 2.61. The number of sulfone groups is 1. The van der Waals surface area contributed by atoms with Crippen molar-refractivity contribution in [3.8, 4) is 0 Å². The maximum Gasteiger partial charge on any atom is 0.315 e. The molecule has 0 bridgehead atoms. The van der Waals surface area contributed by atoms with Gasteiger partial charge in [-0.1, -0.05) is 11.6 Å². The number of halogens is 1. The molecule has 9 heteroatoms. The third-order valence-electron chi connectivity index (χ3n) is 3.79. The number of carbonyl (C=O) groups excluding carboxylic acids is 1. The highest BCUT2D eigenvalue weighted by atomic mass is 35.5. The number of nitrogens with one attached hydrogen (secondary N) is 3. The van der Waals surface area contributed by atoms with Crippen LogP contribution in [0.1, 0.15) is 12.2 Å². The Kier molecular flexibility index (Phi) is 4.45. The van der Waals surface area contributed by atoms with E-state index in [1.165, 1.54) is 0 Å². The van der Waals surface area contributed by atoms with Crippen LogP contribution < -0.4 is 10.6 Å². The molecule has 2 aromatic rings. The Labute approximate surface area is 138 Å². The summed E-state index contributed by atoms with van der Waals surface area (Å²) in [7, 11) is -2.91. The highest BCUT2D eigenvalue weighted by molar-refractivity contribution is 7.91. The molecule has 23 heavy (non-hydrogen) atoms. The van der Waals surface area contributed by atoms with Crippen molar-refractivity contribution in [2.24, 2.45) is 5.92 Å². The van der Waals surface area contributed by atoms with E-state index < -0.39 is 9.84 Å². The van der Waals surface area contributed by atoms with Crippen LogP contribution in [-0.2, 0) is 16.4 Å². The van der Waals surface area contributed by atoms with Gasteiger partial charge in [-0.2, -0.15) is 0 Å². The van der Waals surface area contributed by atoms with Gasteiger partial charge in [0, 0.05) is 11.6 Å². The van der Waals surface area contributed by atoms with Gasteiger partial charge in [0.05, 0.1) is 29.1 Å². The second kappa shape index (κ2) is 6.37. The summed E-state index contributed by atoms with van der Waals surface area (Å²) in [4.78, 5) is 19.2. The normalized spacial score (nSPS) is 19.8. The Morgan fingerprint density at radius 1 is 1.39 bits per heavy atom. The number of imidazole rings is 1. The minimum Gasteiger partial charge on any atom is -0.340 e. The molecule has 1 aliphatic rings. The molecule has 1 atom stereocenters. The summed E-state index contributed by atoms with van der Waals surface area (Å²) in [5, 5.41) is 6.01. The molecule has 1 aliphatic heterocycles. The van der Waals surface area contributed by atoms with E-state index in [-0.39, 0.29) is 30.0 Å². The number of amides is 2. The van der Waals surface area contributed by atoms with Gasteiger partial charge in [-0.25, -0.2) is 18.2 Å². The number of fused-ring (bicyclic) bond motifs is 1. The lowest BCUT2D eigenvalue weighted by atomic mass is 10.1. The molecular weight excluding hydrogens is 340 g/mol. The summed E-state index contributed by atoms with van der Waals surface area (Å²) in [6.45, 7) is 0.613. The van der Waals surface area contributed by atoms with Crippen molar-refractivity contribution in [2.45, 2.75) is 13.0 Å². The number of benzene rings is 1. The van der Waals surface area contributed by atoms with E-state index in [0.29, 0.717) is 23.8 Å². The number of carbonyl (C=O) groups is 1. The van der Waals surface area contributed by atoms with Crippen molar-refractivity contribution >= 4 is 38.5 Å². The van der Waals surface area contributed by atoms with E-state index in [1.807, 2.05) is 0 Å². The summed E-state index contributed by atoms with van der Waals surface area (Å²) in [5.74, 6) is 0.986. The average Bonchev–Trinajstić information content (AvgIpc) is 3.05. The van der Waals surface area contributed by atoms with E-state index in [0.717, 1.165) is 11.0 Å². The zero-order chi connectivity index (χ0) is 16.4. The second-order valence-corrected chi connectivity index (χ2v) is 8.34. The highest BCUT2D eigenvalue weighted by Gasteiger charge is 2.27. The number of hydrogen-bond donors (Lipinski definition) is 3. The van der Waals surface area contributed by atoms with Gasteiger partial charge in [-0.3, -0.25) is 0 Å². The van der Waals surface area contributed by atoms with Gasteiger partial charge in [0.2, 0.25) is 0 Å². The smallest absolute Gasteiger partial charge is 0.315 e. The van der Waals surface area contributed by atoms with Crippen LogP contribution in [0.4, 0.5) is 4.79 Å². The first kappa shape index (κ1) is 16.1. The first-order valence-electron chi connectivity index (χ1n) is 7.27. The van der Waals surface area contributed by atoms with Crippen LogP contribution in [0.25, 0.3) is 11.0 Å². The van der Waals surface area contributed by atoms with Crippen molar-refractivity contribution in [3.63, 3.8) is 0 Å². The van der Waals surface area contributed by atoms with Gasteiger partial charge in [-0.05, 0) is 30.5 Å². The molecule has 3 N–H and O–H groups in total. The summed E-state index contributed by atoms with van der Waals surface area (Å²) in [6.07, 6.45) is 0.604. The molecule has 1 aromatic heterocycles. The molecule has 0 radical (unpaired) electrons. The van der Waals surface area contributed by atoms with E-state index in [9.17, 15) is 13.2 Å². The lowest BCUT2D eigenvalue weighted by Crippen LogP contribution is -2.38. The third kappa shape index (κ3) is 4.14. The number of nitrogens with zero attached hydrogens (tertiary/aromatic N) is 1. The Bertz CT molecular complexity index is 834. The van der Waals surface area contributed by atoms with Crippen molar-refractivity contribution < 1.29 is 13.2 Å². The second-order valence-electron chi connectivity index (χ2n) is 5.68. The molecule has 2 heterocycles. The average molecular weight is 357 g/mol. The van der Waals surface area contributed by atoms with E-state index in [1.54, 1.807) is 18.2 Å². The minimum absolute atomic E-state index is 0.000840. The van der Waals surface area contributed by atoms with Crippen LogP contribution in [-0.4, -0.2) is 42.5 Å². The first-order valence-corrected chi connectivity index (χ1v) is 9.47. The first-order chi connectivity index (χ1) is 10.9. The molecular formula is C14H17ClN4O3S. The van der Waals surface area contributed by atoms with Gasteiger partial charge in [0.15, 0.2) is 9.84 Å². The fraction of sp³-hybridized carbons (Fsp3) is 0.429. The Morgan fingerprint density at radius 3 is 2.96 bits per heavy atom. The molecule has 0 saturated carbocycles. The van der Waals surface area contributed by atoms with Crippen molar-refractivity contribution in [1.29, 1.82) is 0 Å². The summed E-state index contributed by atoms with van der Waals surface area (Å²) >= 11 is 5.91. The lowest BCUT2D eigenvalue weighted by Gasteiger charge is -2.10. The highest BCUT2D eigenvalue weighted by Crippen LogP contribution is 2.18. The molecule has 1 fully saturated rings. The number of aromatic amines is 1. The largest absolute Gasteiger partial charge is 0.340 e. The fourth-order valence-corrected chi connectivity index (χ4v) is 4.65. The molecule has 1 unspecified atom stereocenters. The lowest BCUT2D eigenvalue weighted by molar-refractivity contribution is 0.238. The van der Waals surface area contributed by atoms with E-state index >= 15 is 0 Å². The molecule has 7 nitrogen and oxygen atoms in total. The van der Waals surface area contributed by atoms with Crippen LogP contribution in [0.5, 0.6) is 0 Å². The van der Waals surface area contributed by atoms with Gasteiger partial charge in [-0.15, -0.1) is 0 Å². The number of hydrogen-bond acceptors (Lipinski definition) is 4. The standard InChI is InChI=1S/C14H17ClN4O3S/c15-10-1-2-11-12(5-10)19-13(18-11)7-17-14(20)16-6-9-3-4-23(21,22)8-9/h1-2,5,9H,3-4,6-8H2,(H,18,19)(H2,16,17,20). The van der Waals surface area contributed by atoms with Gasteiger partial charge in [0.1, 0.15) is 5.82 Å². The maximum absolute atomic E-state index is 11.8. The maximum atomic E-state index is 11.8. The minimum atomic E-state index is -2.91. The quantitative estimate of drug-likeness (QED) is 0.771. The van der Waals surface area contributed by atoms with Crippen molar-refractivity contribution in [2.75, 3.05) is 18.1 Å². The third-order valence-corrected chi connectivity index (χ3v) is 5.86. The number of urea groups is 1. The molecule has 2 amide bonds. The van der Waals surface area contributed by atoms with Crippen LogP contribution in [0, 0.1) is 5.92 Å². The van der Waals surface area contributed by atoms with Crippen LogP contribution >= 0.6 is 11.6 Å². The summed E-state index contributed by atoms with van der Waals surface area (Å²) < 4.78 is 22.7. The van der Waals surface area contributed by atoms with Crippen LogP contribution in [0.15, 0.2) is 18.2 Å². The number of H-pyrrole nitrogens is 1. The number of rotatable bonds is 4. The van der Waals surface area contributed by atoms with Crippen molar-refractivity contribution in [3.05, 3.63) is 29.0 Å². The Hall–Kier alpha value is -1.80. The van der Waals surface area contributed by atoms with Crippen LogP contribution in [0.2, 0.25) is 5.02 Å². The Balaban J connectivity index is 1.48. The zero-order valence-corrected chi connectivity index (χ0v) is 13.9. The molecule has 3 rings (SSSR count).